The summed E-state index contributed by atoms with van der Waals surface area (Å²) in [6, 6.07) is 6.62. The number of allylic oxidation sites excluding steroid dienone is 3. The molecule has 0 saturated carbocycles. The number of carbonyl (C=O) groups excluding carboxylic acids is 1. The number of ketones is 1. The van der Waals surface area contributed by atoms with Crippen molar-refractivity contribution in [3.05, 3.63) is 58.2 Å². The van der Waals surface area contributed by atoms with Gasteiger partial charge in [0.25, 0.3) is 0 Å². The van der Waals surface area contributed by atoms with Crippen molar-refractivity contribution in [2.75, 3.05) is 5.06 Å². The van der Waals surface area contributed by atoms with Crippen molar-refractivity contribution in [2.45, 2.75) is 93.2 Å². The van der Waals surface area contributed by atoms with Crippen molar-refractivity contribution >= 4 is 17.5 Å². The summed E-state index contributed by atoms with van der Waals surface area (Å²) in [6.45, 7) is 17.3. The van der Waals surface area contributed by atoms with Gasteiger partial charge in [0.1, 0.15) is 5.78 Å². The van der Waals surface area contributed by atoms with Crippen LogP contribution in [0.3, 0.4) is 0 Å². The smallest absolute Gasteiger partial charge is 0.132 e. The quantitative estimate of drug-likeness (QED) is 0.424. The van der Waals surface area contributed by atoms with Crippen molar-refractivity contribution in [2.24, 2.45) is 11.3 Å². The van der Waals surface area contributed by atoms with E-state index in [-0.39, 0.29) is 23.3 Å². The second-order valence-corrected chi connectivity index (χ2v) is 10.5. The molecular weight excluding hydrogens is 394 g/mol. The minimum atomic E-state index is -0.179. The lowest BCUT2D eigenvalue weighted by Gasteiger charge is -2.49. The zero-order valence-corrected chi connectivity index (χ0v) is 21.3. The molecule has 0 radical (unpaired) electrons. The lowest BCUT2D eigenvalue weighted by Crippen LogP contribution is -2.50. The highest BCUT2D eigenvalue weighted by Crippen LogP contribution is 2.49. The zero-order valence-electron chi connectivity index (χ0n) is 21.3. The van der Waals surface area contributed by atoms with Gasteiger partial charge in [-0.1, -0.05) is 74.8 Å². The molecule has 32 heavy (non-hydrogen) atoms. The first-order valence-corrected chi connectivity index (χ1v) is 12.2. The Morgan fingerprint density at radius 2 is 1.97 bits per heavy atom. The maximum Gasteiger partial charge on any atom is 0.132 e. The van der Waals surface area contributed by atoms with E-state index in [1.54, 1.807) is 6.92 Å². The van der Waals surface area contributed by atoms with Crippen LogP contribution < -0.4 is 5.06 Å². The van der Waals surface area contributed by atoms with Crippen molar-refractivity contribution in [3.8, 4) is 0 Å². The van der Waals surface area contributed by atoms with E-state index < -0.39 is 0 Å². The molecule has 1 aromatic carbocycles. The number of anilines is 1. The molecule has 2 aliphatic rings. The Labute approximate surface area is 195 Å². The van der Waals surface area contributed by atoms with E-state index in [0.717, 1.165) is 24.9 Å². The van der Waals surface area contributed by atoms with Gasteiger partial charge in [-0.15, -0.1) is 0 Å². The lowest BCUT2D eigenvalue weighted by molar-refractivity contribution is -0.120. The summed E-state index contributed by atoms with van der Waals surface area (Å²) < 4.78 is 0. The van der Waals surface area contributed by atoms with Crippen LogP contribution in [0.5, 0.6) is 0 Å². The van der Waals surface area contributed by atoms with Gasteiger partial charge in [0.2, 0.25) is 0 Å². The summed E-state index contributed by atoms with van der Waals surface area (Å²) in [5, 5.41) is 2.13. The van der Waals surface area contributed by atoms with Gasteiger partial charge in [-0.25, -0.2) is 5.06 Å². The molecule has 0 fully saturated rings. The van der Waals surface area contributed by atoms with Crippen LogP contribution in [-0.2, 0) is 16.1 Å². The molecule has 3 atom stereocenters. The Kier molecular flexibility index (Phi) is 7.50. The molecule has 174 valence electrons. The average molecular weight is 436 g/mol. The van der Waals surface area contributed by atoms with Crippen LogP contribution in [0.2, 0.25) is 0 Å². The van der Waals surface area contributed by atoms with E-state index in [9.17, 15) is 4.79 Å². The molecule has 0 saturated heterocycles. The molecule has 1 aliphatic carbocycles. The van der Waals surface area contributed by atoms with Crippen LogP contribution in [0, 0.1) is 11.3 Å². The Morgan fingerprint density at radius 3 is 2.59 bits per heavy atom. The molecule has 0 N–H and O–H groups in total. The van der Waals surface area contributed by atoms with Crippen LogP contribution in [0.25, 0.3) is 6.08 Å². The van der Waals surface area contributed by atoms with Crippen molar-refractivity contribution in [3.63, 3.8) is 0 Å². The number of carbonyl (C=O) groups is 1. The van der Waals surface area contributed by atoms with Crippen LogP contribution in [0.15, 0.2) is 47.1 Å². The number of fused-ring (bicyclic) bond motifs is 1. The van der Waals surface area contributed by atoms with E-state index in [1.165, 1.54) is 27.8 Å². The minimum Gasteiger partial charge on any atom is -0.300 e. The monoisotopic (exact) mass is 435 g/mol. The summed E-state index contributed by atoms with van der Waals surface area (Å²) in [7, 11) is 0. The van der Waals surface area contributed by atoms with E-state index in [0.29, 0.717) is 12.3 Å². The standard InChI is InChI=1S/C29H41NO2/c1-9-26-21(5)16-20(4)18-29(26,8)28-14-13-25-24(15-19(2)3)11-10-12-27(25)30(28)32-23(7)17-22(6)31/h10-14,16,19,23,28H,9,15,17-18H2,1-8H3. The van der Waals surface area contributed by atoms with Gasteiger partial charge in [0, 0.05) is 17.4 Å². The highest BCUT2D eigenvalue weighted by Gasteiger charge is 2.44. The number of Topliss-reactive ketones (excluding diaryl/α,β-unsaturated/α-hetero) is 1. The van der Waals surface area contributed by atoms with Crippen molar-refractivity contribution in [1.29, 1.82) is 0 Å². The molecule has 0 aromatic heterocycles. The van der Waals surface area contributed by atoms with Crippen molar-refractivity contribution in [1.82, 2.24) is 0 Å². The average Bonchev–Trinajstić information content (AvgIpc) is 2.67. The Bertz CT molecular complexity index is 952. The van der Waals surface area contributed by atoms with Crippen molar-refractivity contribution < 1.29 is 9.63 Å². The van der Waals surface area contributed by atoms with Gasteiger partial charge in [0.05, 0.1) is 17.8 Å². The summed E-state index contributed by atoms with van der Waals surface area (Å²) in [5.74, 6) is 0.739. The maximum absolute atomic E-state index is 11.8. The fourth-order valence-electron chi connectivity index (χ4n) is 5.86. The summed E-state index contributed by atoms with van der Waals surface area (Å²) >= 11 is 0. The van der Waals surface area contributed by atoms with Crippen LogP contribution >= 0.6 is 0 Å². The van der Waals surface area contributed by atoms with Gasteiger partial charge in [-0.05, 0) is 64.5 Å². The van der Waals surface area contributed by atoms with Crippen LogP contribution in [-0.4, -0.2) is 17.9 Å². The fraction of sp³-hybridized carbons (Fsp3) is 0.552. The minimum absolute atomic E-state index is 0.0623. The third kappa shape index (κ3) is 4.93. The Hall–Kier alpha value is -2.13. The SMILES string of the molecule is CCC1=C(C)C=C(C)CC1(C)C1C=Cc2c(CC(C)C)cccc2N1OC(C)CC(C)=O. The first kappa shape index (κ1) is 24.5. The number of hydroxylamine groups is 1. The largest absolute Gasteiger partial charge is 0.300 e. The summed E-state index contributed by atoms with van der Waals surface area (Å²) in [6.07, 6.45) is 10.3. The van der Waals surface area contributed by atoms with E-state index in [4.69, 9.17) is 4.84 Å². The normalized spacial score (nSPS) is 24.0. The molecule has 3 nitrogen and oxygen atoms in total. The number of rotatable bonds is 8. The predicted molar refractivity (Wildman–Crippen MR) is 136 cm³/mol. The summed E-state index contributed by atoms with van der Waals surface area (Å²) in [5.41, 5.74) is 7.93. The molecule has 0 spiro atoms. The van der Waals surface area contributed by atoms with Gasteiger partial charge in [-0.3, -0.25) is 9.63 Å². The van der Waals surface area contributed by atoms with Gasteiger partial charge >= 0.3 is 0 Å². The highest BCUT2D eigenvalue weighted by atomic mass is 16.7. The number of hydrogen-bond donors (Lipinski definition) is 0. The van der Waals surface area contributed by atoms with E-state index >= 15 is 0 Å². The second kappa shape index (κ2) is 9.79. The third-order valence-electron chi connectivity index (χ3n) is 6.89. The Morgan fingerprint density at radius 1 is 1.25 bits per heavy atom. The molecule has 3 unspecified atom stereocenters. The highest BCUT2D eigenvalue weighted by molar-refractivity contribution is 5.76. The van der Waals surface area contributed by atoms with Gasteiger partial charge in [-0.2, -0.15) is 0 Å². The number of nitrogens with zero attached hydrogens (tertiary/aromatic N) is 1. The molecule has 1 aliphatic heterocycles. The first-order chi connectivity index (χ1) is 15.1. The lowest BCUT2D eigenvalue weighted by atomic mass is 9.65. The second-order valence-electron chi connectivity index (χ2n) is 10.5. The summed E-state index contributed by atoms with van der Waals surface area (Å²) in [4.78, 5) is 18.4. The molecule has 0 bridgehead atoms. The third-order valence-corrected chi connectivity index (χ3v) is 6.89. The molecule has 3 heteroatoms. The van der Waals surface area contributed by atoms with E-state index in [2.05, 4.69) is 83.0 Å². The first-order valence-electron chi connectivity index (χ1n) is 12.2. The molecule has 0 amide bonds. The van der Waals surface area contributed by atoms with E-state index in [1.807, 2.05) is 6.92 Å². The fourth-order valence-corrected chi connectivity index (χ4v) is 5.86. The molecule has 3 rings (SSSR count). The maximum atomic E-state index is 11.8. The molecule has 1 heterocycles. The molecule has 1 aromatic rings. The van der Waals surface area contributed by atoms with Crippen LogP contribution in [0.4, 0.5) is 5.69 Å². The van der Waals surface area contributed by atoms with Crippen LogP contribution in [0.1, 0.15) is 85.8 Å². The van der Waals surface area contributed by atoms with Gasteiger partial charge in [0.15, 0.2) is 0 Å². The molecular formula is C29H41NO2. The van der Waals surface area contributed by atoms with Gasteiger partial charge < -0.3 is 0 Å². The Balaban J connectivity index is 2.11. The predicted octanol–water partition coefficient (Wildman–Crippen LogP) is 7.47. The number of hydrogen-bond acceptors (Lipinski definition) is 3. The topological polar surface area (TPSA) is 29.5 Å². The number of benzene rings is 1. The zero-order chi connectivity index (χ0) is 23.6.